The van der Waals surface area contributed by atoms with E-state index in [0.717, 1.165) is 62.1 Å². The third kappa shape index (κ3) is 5.41. The number of rotatable bonds is 9. The van der Waals surface area contributed by atoms with Gasteiger partial charge in [0.15, 0.2) is 0 Å². The molecule has 118 valence electrons. The van der Waals surface area contributed by atoms with Crippen LogP contribution in [-0.2, 0) is 0 Å². The van der Waals surface area contributed by atoms with E-state index in [1.165, 1.54) is 0 Å². The Hall–Kier alpha value is -1.51. The van der Waals surface area contributed by atoms with Crippen molar-refractivity contribution in [1.29, 1.82) is 0 Å². The number of benzene rings is 1. The lowest BCUT2D eigenvalue weighted by Gasteiger charge is -2.23. The molecule has 0 saturated carbocycles. The van der Waals surface area contributed by atoms with Crippen molar-refractivity contribution in [3.63, 3.8) is 0 Å². The average Bonchev–Trinajstić information content (AvgIpc) is 2.47. The zero-order valence-electron chi connectivity index (χ0n) is 14.0. The van der Waals surface area contributed by atoms with Crippen LogP contribution in [0.5, 0.6) is 0 Å². The smallest absolute Gasteiger partial charge is 0.254 e. The SMILES string of the molecule is CCCCN(CCCC)C(=O)c1ccc(NCC)cc1C. The van der Waals surface area contributed by atoms with Crippen LogP contribution in [0.15, 0.2) is 18.2 Å². The Labute approximate surface area is 129 Å². The van der Waals surface area contributed by atoms with Gasteiger partial charge in [0, 0.05) is 30.9 Å². The van der Waals surface area contributed by atoms with Gasteiger partial charge in [-0.05, 0) is 50.5 Å². The quantitative estimate of drug-likeness (QED) is 0.727. The number of hydrogen-bond acceptors (Lipinski definition) is 2. The largest absolute Gasteiger partial charge is 0.385 e. The second-order valence-corrected chi connectivity index (χ2v) is 5.56. The zero-order valence-corrected chi connectivity index (χ0v) is 14.0. The van der Waals surface area contributed by atoms with Crippen LogP contribution in [0.3, 0.4) is 0 Å². The van der Waals surface area contributed by atoms with Crippen LogP contribution in [0, 0.1) is 6.92 Å². The second kappa shape index (κ2) is 9.43. The minimum atomic E-state index is 0.178. The summed E-state index contributed by atoms with van der Waals surface area (Å²) >= 11 is 0. The summed E-state index contributed by atoms with van der Waals surface area (Å²) in [7, 11) is 0. The number of anilines is 1. The molecule has 3 nitrogen and oxygen atoms in total. The molecular weight excluding hydrogens is 260 g/mol. The molecule has 0 unspecified atom stereocenters. The molecular formula is C18H30N2O. The lowest BCUT2D eigenvalue weighted by atomic mass is 10.1. The van der Waals surface area contributed by atoms with Gasteiger partial charge in [0.2, 0.25) is 0 Å². The van der Waals surface area contributed by atoms with Gasteiger partial charge in [0.05, 0.1) is 0 Å². The van der Waals surface area contributed by atoms with Crippen molar-refractivity contribution in [3.05, 3.63) is 29.3 Å². The predicted molar refractivity (Wildman–Crippen MR) is 91.1 cm³/mol. The number of aryl methyl sites for hydroxylation is 1. The van der Waals surface area contributed by atoms with Gasteiger partial charge in [-0.25, -0.2) is 0 Å². The van der Waals surface area contributed by atoms with E-state index in [4.69, 9.17) is 0 Å². The Morgan fingerprint density at radius 2 is 1.71 bits per heavy atom. The molecule has 0 aromatic heterocycles. The van der Waals surface area contributed by atoms with Gasteiger partial charge >= 0.3 is 0 Å². The van der Waals surface area contributed by atoms with Gasteiger partial charge in [-0.15, -0.1) is 0 Å². The third-order valence-electron chi connectivity index (χ3n) is 3.69. The molecule has 0 aliphatic carbocycles. The number of nitrogens with one attached hydrogen (secondary N) is 1. The van der Waals surface area contributed by atoms with Crippen LogP contribution in [0.4, 0.5) is 5.69 Å². The van der Waals surface area contributed by atoms with Crippen molar-refractivity contribution in [3.8, 4) is 0 Å². The standard InChI is InChI=1S/C18H30N2O/c1-5-8-12-20(13-9-6-2)18(21)17-11-10-16(19-7-3)14-15(17)4/h10-11,14,19H,5-9,12-13H2,1-4H3. The Bertz CT molecular complexity index is 435. The molecule has 0 aliphatic heterocycles. The Balaban J connectivity index is 2.86. The predicted octanol–water partition coefficient (Wildman–Crippen LogP) is 4.47. The van der Waals surface area contributed by atoms with Gasteiger partial charge in [0.1, 0.15) is 0 Å². The summed E-state index contributed by atoms with van der Waals surface area (Å²) in [5.74, 6) is 0.178. The van der Waals surface area contributed by atoms with Crippen molar-refractivity contribution in [2.45, 2.75) is 53.4 Å². The van der Waals surface area contributed by atoms with Gasteiger partial charge in [-0.2, -0.15) is 0 Å². The number of unbranched alkanes of at least 4 members (excludes halogenated alkanes) is 2. The van der Waals surface area contributed by atoms with E-state index in [9.17, 15) is 4.79 Å². The van der Waals surface area contributed by atoms with Crippen molar-refractivity contribution >= 4 is 11.6 Å². The van der Waals surface area contributed by atoms with E-state index >= 15 is 0 Å². The van der Waals surface area contributed by atoms with Crippen LogP contribution in [0.1, 0.15) is 62.4 Å². The van der Waals surface area contributed by atoms with E-state index < -0.39 is 0 Å². The molecule has 1 aromatic rings. The molecule has 0 radical (unpaired) electrons. The topological polar surface area (TPSA) is 32.3 Å². The fraction of sp³-hybridized carbons (Fsp3) is 0.611. The molecule has 1 aromatic carbocycles. The number of hydrogen-bond donors (Lipinski definition) is 1. The fourth-order valence-corrected chi connectivity index (χ4v) is 2.40. The van der Waals surface area contributed by atoms with Crippen LogP contribution < -0.4 is 5.32 Å². The molecule has 0 aliphatic rings. The third-order valence-corrected chi connectivity index (χ3v) is 3.69. The molecule has 1 amide bonds. The molecule has 0 heterocycles. The highest BCUT2D eigenvalue weighted by molar-refractivity contribution is 5.96. The minimum Gasteiger partial charge on any atom is -0.385 e. The molecule has 21 heavy (non-hydrogen) atoms. The molecule has 3 heteroatoms. The summed E-state index contributed by atoms with van der Waals surface area (Å²) in [4.78, 5) is 14.8. The van der Waals surface area contributed by atoms with Crippen LogP contribution in [0.25, 0.3) is 0 Å². The number of amides is 1. The van der Waals surface area contributed by atoms with Crippen LogP contribution in [-0.4, -0.2) is 30.4 Å². The van der Waals surface area contributed by atoms with Crippen LogP contribution in [0.2, 0.25) is 0 Å². The highest BCUT2D eigenvalue weighted by Crippen LogP contribution is 2.17. The van der Waals surface area contributed by atoms with E-state index in [-0.39, 0.29) is 5.91 Å². The zero-order chi connectivity index (χ0) is 15.7. The average molecular weight is 290 g/mol. The van der Waals surface area contributed by atoms with E-state index in [1.54, 1.807) is 0 Å². The number of carbonyl (C=O) groups excluding carboxylic acids is 1. The van der Waals surface area contributed by atoms with Crippen molar-refractivity contribution in [1.82, 2.24) is 4.90 Å². The van der Waals surface area contributed by atoms with Gasteiger partial charge < -0.3 is 10.2 Å². The summed E-state index contributed by atoms with van der Waals surface area (Å²) in [6.45, 7) is 11.1. The summed E-state index contributed by atoms with van der Waals surface area (Å²) in [5, 5.41) is 3.29. The van der Waals surface area contributed by atoms with Gasteiger partial charge in [-0.1, -0.05) is 26.7 Å². The Kier molecular flexibility index (Phi) is 7.88. The lowest BCUT2D eigenvalue weighted by Crippen LogP contribution is -2.33. The fourth-order valence-electron chi connectivity index (χ4n) is 2.40. The summed E-state index contributed by atoms with van der Waals surface area (Å²) < 4.78 is 0. The van der Waals surface area contributed by atoms with Crippen molar-refractivity contribution < 1.29 is 4.79 Å². The summed E-state index contributed by atoms with van der Waals surface area (Å²) in [5.41, 5.74) is 2.97. The molecule has 0 saturated heterocycles. The Morgan fingerprint density at radius 1 is 1.10 bits per heavy atom. The minimum absolute atomic E-state index is 0.178. The first-order valence-electron chi connectivity index (χ1n) is 8.27. The first-order chi connectivity index (χ1) is 10.1. The normalized spacial score (nSPS) is 10.5. The molecule has 0 fully saturated rings. The van der Waals surface area contributed by atoms with Crippen molar-refractivity contribution in [2.75, 3.05) is 25.0 Å². The molecule has 0 spiro atoms. The van der Waals surface area contributed by atoms with Gasteiger partial charge in [0.25, 0.3) is 5.91 Å². The van der Waals surface area contributed by atoms with Crippen LogP contribution >= 0.6 is 0 Å². The first-order valence-corrected chi connectivity index (χ1v) is 8.27. The van der Waals surface area contributed by atoms with E-state index in [0.29, 0.717) is 0 Å². The van der Waals surface area contributed by atoms with Gasteiger partial charge in [-0.3, -0.25) is 4.79 Å². The highest BCUT2D eigenvalue weighted by Gasteiger charge is 2.16. The van der Waals surface area contributed by atoms with E-state index in [1.807, 2.05) is 24.0 Å². The maximum absolute atomic E-state index is 12.8. The highest BCUT2D eigenvalue weighted by atomic mass is 16.2. The summed E-state index contributed by atoms with van der Waals surface area (Å²) in [6, 6.07) is 6.02. The molecule has 0 atom stereocenters. The number of nitrogens with zero attached hydrogens (tertiary/aromatic N) is 1. The second-order valence-electron chi connectivity index (χ2n) is 5.56. The maximum Gasteiger partial charge on any atom is 0.254 e. The van der Waals surface area contributed by atoms with E-state index in [2.05, 4.69) is 32.2 Å². The lowest BCUT2D eigenvalue weighted by molar-refractivity contribution is 0.0750. The Morgan fingerprint density at radius 3 is 2.19 bits per heavy atom. The summed E-state index contributed by atoms with van der Waals surface area (Å²) in [6.07, 6.45) is 4.39. The molecule has 1 rings (SSSR count). The van der Waals surface area contributed by atoms with Crippen molar-refractivity contribution in [2.24, 2.45) is 0 Å². The first kappa shape index (κ1) is 17.5. The maximum atomic E-state index is 12.8. The molecule has 1 N–H and O–H groups in total. The molecule has 0 bridgehead atoms. The number of carbonyl (C=O) groups is 1. The monoisotopic (exact) mass is 290 g/mol.